The van der Waals surface area contributed by atoms with Crippen molar-refractivity contribution in [1.29, 1.82) is 0 Å². The van der Waals surface area contributed by atoms with Crippen LogP contribution in [-0.4, -0.2) is 27.5 Å². The molecule has 0 bridgehead atoms. The first-order chi connectivity index (χ1) is 12.0. The summed E-state index contributed by atoms with van der Waals surface area (Å²) in [5.74, 6) is 0.920. The van der Waals surface area contributed by atoms with Crippen molar-refractivity contribution in [3.63, 3.8) is 0 Å². The van der Waals surface area contributed by atoms with Gasteiger partial charge in [-0.05, 0) is 67.2 Å². The van der Waals surface area contributed by atoms with Gasteiger partial charge in [0.2, 0.25) is 0 Å². The van der Waals surface area contributed by atoms with Gasteiger partial charge in [-0.1, -0.05) is 24.3 Å². The number of aliphatic hydroxyl groups is 1. The van der Waals surface area contributed by atoms with Crippen LogP contribution in [0, 0.1) is 0 Å². The van der Waals surface area contributed by atoms with Gasteiger partial charge in [-0.25, -0.2) is 0 Å². The van der Waals surface area contributed by atoms with E-state index in [-0.39, 0.29) is 11.5 Å². The monoisotopic (exact) mass is 340 g/mol. The first-order valence-corrected chi connectivity index (χ1v) is 8.62. The third-order valence-corrected chi connectivity index (χ3v) is 4.82. The maximum Gasteiger partial charge on any atom is 0.115 e. The Kier molecular flexibility index (Phi) is 5.29. The minimum absolute atomic E-state index is 0.264. The zero-order chi connectivity index (χ0) is 17.7. The van der Waals surface area contributed by atoms with Crippen molar-refractivity contribution >= 4 is 0 Å². The summed E-state index contributed by atoms with van der Waals surface area (Å²) in [6.45, 7) is 0.428. The number of aryl methyl sites for hydroxylation is 2. The number of benzene rings is 2. The second-order valence-corrected chi connectivity index (χ2v) is 6.70. The lowest BCUT2D eigenvalue weighted by Crippen LogP contribution is -2.37. The molecule has 3 rings (SSSR count). The van der Waals surface area contributed by atoms with Crippen LogP contribution < -0.4 is 0 Å². The van der Waals surface area contributed by atoms with Gasteiger partial charge in [0.25, 0.3) is 0 Å². The van der Waals surface area contributed by atoms with Crippen molar-refractivity contribution in [2.24, 2.45) is 0 Å². The summed E-state index contributed by atoms with van der Waals surface area (Å²) in [5.41, 5.74) is 1.88. The van der Waals surface area contributed by atoms with Crippen LogP contribution in [0.5, 0.6) is 11.5 Å². The SMILES string of the molecule is OC1=CCOC(CCc2ccc(O)cc2)(CCc2ccc(O)cc2)C1. The van der Waals surface area contributed by atoms with Gasteiger partial charge in [-0.15, -0.1) is 0 Å². The van der Waals surface area contributed by atoms with E-state index in [0.29, 0.717) is 18.8 Å². The molecule has 0 aliphatic carbocycles. The molecule has 0 atom stereocenters. The summed E-state index contributed by atoms with van der Waals surface area (Å²) in [6.07, 6.45) is 5.48. The van der Waals surface area contributed by atoms with Crippen molar-refractivity contribution in [2.45, 2.75) is 37.7 Å². The summed E-state index contributed by atoms with van der Waals surface area (Å²) in [4.78, 5) is 0. The number of aliphatic hydroxyl groups excluding tert-OH is 1. The summed E-state index contributed by atoms with van der Waals surface area (Å²) >= 11 is 0. The predicted molar refractivity (Wildman–Crippen MR) is 96.9 cm³/mol. The van der Waals surface area contributed by atoms with E-state index in [1.165, 1.54) is 0 Å². The number of hydrogen-bond acceptors (Lipinski definition) is 4. The molecule has 0 amide bonds. The number of phenolic OH excluding ortho intramolecular Hbond substituents is 2. The van der Waals surface area contributed by atoms with Gasteiger partial charge in [0.15, 0.2) is 0 Å². The lowest BCUT2D eigenvalue weighted by Gasteiger charge is -2.36. The summed E-state index contributed by atoms with van der Waals surface area (Å²) in [5, 5.41) is 28.8. The number of phenols is 2. The highest BCUT2D eigenvalue weighted by atomic mass is 16.5. The van der Waals surface area contributed by atoms with Crippen LogP contribution in [0.2, 0.25) is 0 Å². The third kappa shape index (κ3) is 4.77. The second-order valence-electron chi connectivity index (χ2n) is 6.70. The Labute approximate surface area is 148 Å². The van der Waals surface area contributed by atoms with E-state index in [4.69, 9.17) is 4.74 Å². The van der Waals surface area contributed by atoms with Crippen LogP contribution in [0.15, 0.2) is 60.4 Å². The third-order valence-electron chi connectivity index (χ3n) is 4.82. The first kappa shape index (κ1) is 17.4. The van der Waals surface area contributed by atoms with Crippen molar-refractivity contribution in [3.05, 3.63) is 71.5 Å². The molecular weight excluding hydrogens is 316 g/mol. The van der Waals surface area contributed by atoms with Gasteiger partial charge in [0, 0.05) is 6.42 Å². The molecule has 0 fully saturated rings. The number of aromatic hydroxyl groups is 2. The molecule has 2 aromatic carbocycles. The highest BCUT2D eigenvalue weighted by Crippen LogP contribution is 2.34. The number of hydrogen-bond donors (Lipinski definition) is 3. The molecule has 0 unspecified atom stereocenters. The first-order valence-electron chi connectivity index (χ1n) is 8.62. The van der Waals surface area contributed by atoms with Gasteiger partial charge in [-0.2, -0.15) is 0 Å². The van der Waals surface area contributed by atoms with Gasteiger partial charge in [0.1, 0.15) is 11.5 Å². The quantitative estimate of drug-likeness (QED) is 0.735. The Balaban J connectivity index is 1.68. The summed E-state index contributed by atoms with van der Waals surface area (Å²) in [6, 6.07) is 14.4. The maximum atomic E-state index is 10.0. The van der Waals surface area contributed by atoms with Gasteiger partial charge < -0.3 is 20.1 Å². The van der Waals surface area contributed by atoms with Crippen LogP contribution in [0.3, 0.4) is 0 Å². The van der Waals surface area contributed by atoms with Crippen LogP contribution in [0.25, 0.3) is 0 Å². The van der Waals surface area contributed by atoms with Crippen molar-refractivity contribution < 1.29 is 20.1 Å². The molecule has 2 aromatic rings. The molecule has 3 N–H and O–H groups in total. The molecule has 1 aliphatic heterocycles. The van der Waals surface area contributed by atoms with E-state index in [1.807, 2.05) is 24.3 Å². The lowest BCUT2D eigenvalue weighted by atomic mass is 9.84. The zero-order valence-electron chi connectivity index (χ0n) is 14.2. The second kappa shape index (κ2) is 7.62. The van der Waals surface area contributed by atoms with Crippen LogP contribution in [0.1, 0.15) is 30.4 Å². The Hall–Kier alpha value is -2.46. The average molecular weight is 340 g/mol. The van der Waals surface area contributed by atoms with E-state index in [1.54, 1.807) is 30.3 Å². The molecule has 0 radical (unpaired) electrons. The van der Waals surface area contributed by atoms with E-state index in [0.717, 1.165) is 36.8 Å². The standard InChI is InChI=1S/C21H24O4/c22-18-5-1-16(2-6-18)9-12-21(15-20(24)11-14-25-21)13-10-17-3-7-19(23)8-4-17/h1-8,11,22-24H,9-10,12-15H2. The number of rotatable bonds is 6. The largest absolute Gasteiger partial charge is 0.512 e. The lowest BCUT2D eigenvalue weighted by molar-refractivity contribution is -0.0604. The van der Waals surface area contributed by atoms with Crippen LogP contribution in [0.4, 0.5) is 0 Å². The van der Waals surface area contributed by atoms with Crippen molar-refractivity contribution in [3.8, 4) is 11.5 Å². The van der Waals surface area contributed by atoms with E-state index >= 15 is 0 Å². The van der Waals surface area contributed by atoms with Crippen LogP contribution >= 0.6 is 0 Å². The van der Waals surface area contributed by atoms with Crippen molar-refractivity contribution in [2.75, 3.05) is 6.61 Å². The van der Waals surface area contributed by atoms with Crippen LogP contribution in [-0.2, 0) is 17.6 Å². The molecule has 0 aromatic heterocycles. The highest BCUT2D eigenvalue weighted by Gasteiger charge is 2.34. The fourth-order valence-corrected chi connectivity index (χ4v) is 3.28. The highest BCUT2D eigenvalue weighted by molar-refractivity contribution is 5.27. The molecule has 4 heteroatoms. The Morgan fingerprint density at radius 1 is 0.760 bits per heavy atom. The minimum atomic E-state index is -0.394. The maximum absolute atomic E-state index is 10.0. The average Bonchev–Trinajstić information content (AvgIpc) is 2.61. The topological polar surface area (TPSA) is 69.9 Å². The fourth-order valence-electron chi connectivity index (χ4n) is 3.28. The molecule has 0 spiro atoms. The van der Waals surface area contributed by atoms with E-state index in [9.17, 15) is 15.3 Å². The van der Waals surface area contributed by atoms with E-state index < -0.39 is 5.60 Å². The molecular formula is C21H24O4. The number of ether oxygens (including phenoxy) is 1. The van der Waals surface area contributed by atoms with Gasteiger partial charge in [-0.3, -0.25) is 0 Å². The van der Waals surface area contributed by atoms with E-state index in [2.05, 4.69) is 0 Å². The molecule has 132 valence electrons. The molecule has 1 aliphatic rings. The van der Waals surface area contributed by atoms with Gasteiger partial charge in [0.05, 0.1) is 18.0 Å². The fraction of sp³-hybridized carbons (Fsp3) is 0.333. The molecule has 25 heavy (non-hydrogen) atoms. The molecule has 1 heterocycles. The summed E-state index contributed by atoms with van der Waals surface area (Å²) in [7, 11) is 0. The predicted octanol–water partition coefficient (Wildman–Crippen LogP) is 4.26. The zero-order valence-corrected chi connectivity index (χ0v) is 14.2. The molecule has 0 saturated carbocycles. The normalized spacial score (nSPS) is 16.4. The summed E-state index contributed by atoms with van der Waals surface area (Å²) < 4.78 is 6.09. The molecule has 4 nitrogen and oxygen atoms in total. The minimum Gasteiger partial charge on any atom is -0.512 e. The van der Waals surface area contributed by atoms with Gasteiger partial charge >= 0.3 is 0 Å². The van der Waals surface area contributed by atoms with Crippen molar-refractivity contribution in [1.82, 2.24) is 0 Å². The smallest absolute Gasteiger partial charge is 0.115 e. The Bertz CT molecular complexity index is 667. The Morgan fingerprint density at radius 3 is 1.68 bits per heavy atom. The molecule has 0 saturated heterocycles. The Morgan fingerprint density at radius 2 is 1.24 bits per heavy atom.